The molecule has 0 heterocycles. The monoisotopic (exact) mass is 264 g/mol. The first-order chi connectivity index (χ1) is 9.08. The van der Waals surface area contributed by atoms with E-state index >= 15 is 0 Å². The average molecular weight is 264 g/mol. The fourth-order valence-corrected chi connectivity index (χ4v) is 1.88. The van der Waals surface area contributed by atoms with E-state index in [0.717, 1.165) is 11.3 Å². The maximum absolute atomic E-state index is 11.9. The van der Waals surface area contributed by atoms with Gasteiger partial charge in [0.1, 0.15) is 0 Å². The second-order valence-corrected chi connectivity index (χ2v) is 4.80. The number of benzene rings is 1. The number of carbonyl (C=O) groups is 1. The van der Waals surface area contributed by atoms with Gasteiger partial charge in [-0.25, -0.2) is 0 Å². The number of hydrogen-bond acceptors (Lipinski definition) is 3. The fraction of sp³-hybridized carbons (Fsp3) is 0.533. The molecule has 4 nitrogen and oxygen atoms in total. The van der Waals surface area contributed by atoms with Crippen molar-refractivity contribution < 1.29 is 9.90 Å². The van der Waals surface area contributed by atoms with Crippen molar-refractivity contribution in [3.8, 4) is 0 Å². The van der Waals surface area contributed by atoms with E-state index in [9.17, 15) is 4.79 Å². The van der Waals surface area contributed by atoms with Crippen LogP contribution in [-0.4, -0.2) is 43.2 Å². The number of aliphatic hydroxyl groups excluding tert-OH is 1. The highest BCUT2D eigenvalue weighted by Gasteiger charge is 2.11. The normalized spacial score (nSPS) is 10.3. The number of hydrogen-bond donors (Lipinski definition) is 1. The highest BCUT2D eigenvalue weighted by molar-refractivity contribution is 5.76. The standard InChI is InChI=1S/C15H24N2O2/c1-4-17(15(19)6-5-11-18)12-13-7-9-14(10-8-13)16(2)3/h7-10,18H,4-6,11-12H2,1-3H3. The quantitative estimate of drug-likeness (QED) is 0.817. The first kappa shape index (κ1) is 15.5. The number of rotatable bonds is 7. The molecule has 0 saturated heterocycles. The van der Waals surface area contributed by atoms with Gasteiger partial charge in [0.15, 0.2) is 0 Å². The predicted molar refractivity (Wildman–Crippen MR) is 78.2 cm³/mol. The molecular weight excluding hydrogens is 240 g/mol. The number of amides is 1. The van der Waals surface area contributed by atoms with Gasteiger partial charge < -0.3 is 14.9 Å². The van der Waals surface area contributed by atoms with E-state index < -0.39 is 0 Å². The van der Waals surface area contributed by atoms with Gasteiger partial charge in [-0.2, -0.15) is 0 Å². The second-order valence-electron chi connectivity index (χ2n) is 4.80. The summed E-state index contributed by atoms with van der Waals surface area (Å²) in [5.41, 5.74) is 2.28. The molecule has 1 aromatic rings. The van der Waals surface area contributed by atoms with Crippen LogP contribution >= 0.6 is 0 Å². The number of aliphatic hydroxyl groups is 1. The van der Waals surface area contributed by atoms with Crippen molar-refractivity contribution in [3.05, 3.63) is 29.8 Å². The van der Waals surface area contributed by atoms with Crippen LogP contribution < -0.4 is 4.90 Å². The smallest absolute Gasteiger partial charge is 0.222 e. The van der Waals surface area contributed by atoms with Crippen LogP contribution in [0.1, 0.15) is 25.3 Å². The second kappa shape index (κ2) is 7.79. The summed E-state index contributed by atoms with van der Waals surface area (Å²) in [4.78, 5) is 15.8. The minimum Gasteiger partial charge on any atom is -0.396 e. The molecule has 0 aliphatic heterocycles. The van der Waals surface area contributed by atoms with Crippen LogP contribution in [0.15, 0.2) is 24.3 Å². The molecule has 0 aromatic heterocycles. The molecular formula is C15H24N2O2. The summed E-state index contributed by atoms with van der Waals surface area (Å²) < 4.78 is 0. The Balaban J connectivity index is 2.62. The first-order valence-corrected chi connectivity index (χ1v) is 6.73. The zero-order valence-electron chi connectivity index (χ0n) is 12.1. The largest absolute Gasteiger partial charge is 0.396 e. The molecule has 19 heavy (non-hydrogen) atoms. The van der Waals surface area contributed by atoms with Gasteiger partial charge >= 0.3 is 0 Å². The number of nitrogens with zero attached hydrogens (tertiary/aromatic N) is 2. The number of carbonyl (C=O) groups excluding carboxylic acids is 1. The van der Waals surface area contributed by atoms with Crippen LogP contribution in [0.25, 0.3) is 0 Å². The van der Waals surface area contributed by atoms with Gasteiger partial charge in [0.2, 0.25) is 5.91 Å². The van der Waals surface area contributed by atoms with Crippen LogP contribution in [0.3, 0.4) is 0 Å². The van der Waals surface area contributed by atoms with Gasteiger partial charge in [0.25, 0.3) is 0 Å². The third-order valence-electron chi connectivity index (χ3n) is 3.11. The zero-order chi connectivity index (χ0) is 14.3. The molecule has 0 fully saturated rings. The Morgan fingerprint density at radius 1 is 1.21 bits per heavy atom. The Bertz CT molecular complexity index is 388. The van der Waals surface area contributed by atoms with Crippen molar-refractivity contribution in [1.29, 1.82) is 0 Å². The highest BCUT2D eigenvalue weighted by atomic mass is 16.3. The molecule has 1 rings (SSSR count). The summed E-state index contributed by atoms with van der Waals surface area (Å²) >= 11 is 0. The molecule has 1 N–H and O–H groups in total. The average Bonchev–Trinajstić information content (AvgIpc) is 2.42. The molecule has 106 valence electrons. The van der Waals surface area contributed by atoms with E-state index in [1.807, 2.05) is 30.8 Å². The molecule has 0 atom stereocenters. The van der Waals surface area contributed by atoms with E-state index in [1.165, 1.54) is 0 Å². The summed E-state index contributed by atoms with van der Waals surface area (Å²) in [5, 5.41) is 8.77. The molecule has 0 spiro atoms. The summed E-state index contributed by atoms with van der Waals surface area (Å²) in [6.45, 7) is 3.38. The van der Waals surface area contributed by atoms with Crippen molar-refractivity contribution in [2.24, 2.45) is 0 Å². The van der Waals surface area contributed by atoms with Crippen molar-refractivity contribution in [1.82, 2.24) is 4.90 Å². The van der Waals surface area contributed by atoms with Crippen LogP contribution in [0, 0.1) is 0 Å². The van der Waals surface area contributed by atoms with Crippen LogP contribution in [0.2, 0.25) is 0 Å². The molecule has 0 aliphatic rings. The molecule has 0 saturated carbocycles. The molecule has 4 heteroatoms. The van der Waals surface area contributed by atoms with Crippen molar-refractivity contribution in [2.45, 2.75) is 26.3 Å². The van der Waals surface area contributed by atoms with E-state index in [1.54, 1.807) is 0 Å². The molecule has 0 bridgehead atoms. The van der Waals surface area contributed by atoms with Gasteiger partial charge in [-0.05, 0) is 31.0 Å². The van der Waals surface area contributed by atoms with Gasteiger partial charge in [0, 0.05) is 45.9 Å². The maximum Gasteiger partial charge on any atom is 0.222 e. The molecule has 1 aromatic carbocycles. The van der Waals surface area contributed by atoms with Gasteiger partial charge in [-0.3, -0.25) is 4.79 Å². The van der Waals surface area contributed by atoms with E-state index in [0.29, 0.717) is 25.9 Å². The Hall–Kier alpha value is -1.55. The van der Waals surface area contributed by atoms with Crippen molar-refractivity contribution in [3.63, 3.8) is 0 Å². The Morgan fingerprint density at radius 3 is 2.32 bits per heavy atom. The third-order valence-corrected chi connectivity index (χ3v) is 3.11. The number of anilines is 1. The molecule has 1 amide bonds. The molecule has 0 aliphatic carbocycles. The van der Waals surface area contributed by atoms with E-state index in [-0.39, 0.29) is 12.5 Å². The Morgan fingerprint density at radius 2 is 1.84 bits per heavy atom. The SMILES string of the molecule is CCN(Cc1ccc(N(C)C)cc1)C(=O)CCCO. The topological polar surface area (TPSA) is 43.8 Å². The fourth-order valence-electron chi connectivity index (χ4n) is 1.88. The highest BCUT2D eigenvalue weighted by Crippen LogP contribution is 2.14. The Kier molecular flexibility index (Phi) is 6.36. The predicted octanol–water partition coefficient (Wildman–Crippen LogP) is 1.87. The maximum atomic E-state index is 11.9. The van der Waals surface area contributed by atoms with Gasteiger partial charge in [-0.1, -0.05) is 12.1 Å². The third kappa shape index (κ3) is 4.91. The summed E-state index contributed by atoms with van der Waals surface area (Å²) in [6, 6.07) is 8.22. The minimum absolute atomic E-state index is 0.0703. The summed E-state index contributed by atoms with van der Waals surface area (Å²) in [7, 11) is 4.01. The van der Waals surface area contributed by atoms with Crippen LogP contribution in [0.4, 0.5) is 5.69 Å². The lowest BCUT2D eigenvalue weighted by Crippen LogP contribution is -2.30. The summed E-state index contributed by atoms with van der Waals surface area (Å²) in [5.74, 6) is 0.105. The van der Waals surface area contributed by atoms with E-state index in [2.05, 4.69) is 24.3 Å². The van der Waals surface area contributed by atoms with Gasteiger partial charge in [-0.15, -0.1) is 0 Å². The van der Waals surface area contributed by atoms with Crippen LogP contribution in [0.5, 0.6) is 0 Å². The van der Waals surface area contributed by atoms with Crippen molar-refractivity contribution >= 4 is 11.6 Å². The lowest BCUT2D eigenvalue weighted by atomic mass is 10.1. The van der Waals surface area contributed by atoms with Gasteiger partial charge in [0.05, 0.1) is 0 Å². The summed E-state index contributed by atoms with van der Waals surface area (Å²) in [6.07, 6.45) is 0.953. The van der Waals surface area contributed by atoms with Crippen LogP contribution in [-0.2, 0) is 11.3 Å². The lowest BCUT2D eigenvalue weighted by Gasteiger charge is -2.21. The zero-order valence-corrected chi connectivity index (χ0v) is 12.1. The molecule has 0 radical (unpaired) electrons. The Labute approximate surface area is 115 Å². The van der Waals surface area contributed by atoms with E-state index in [4.69, 9.17) is 5.11 Å². The van der Waals surface area contributed by atoms with Crippen molar-refractivity contribution in [2.75, 3.05) is 32.1 Å². The lowest BCUT2D eigenvalue weighted by molar-refractivity contribution is -0.131. The molecule has 0 unspecified atom stereocenters. The first-order valence-electron chi connectivity index (χ1n) is 6.73. The minimum atomic E-state index is 0.0703.